The molecule has 1 aromatic carbocycles. The summed E-state index contributed by atoms with van der Waals surface area (Å²) in [7, 11) is 1.51. The first-order valence-corrected chi connectivity index (χ1v) is 6.13. The van der Waals surface area contributed by atoms with Crippen molar-refractivity contribution in [3.05, 3.63) is 52.3 Å². The first-order valence-electron chi connectivity index (χ1n) is 5.37. The summed E-state index contributed by atoms with van der Waals surface area (Å²) >= 11 is 11.6. The van der Waals surface area contributed by atoms with Crippen LogP contribution in [0.2, 0.25) is 10.2 Å². The summed E-state index contributed by atoms with van der Waals surface area (Å²) < 4.78 is 5.14. The van der Waals surface area contributed by atoms with Crippen molar-refractivity contribution >= 4 is 34.8 Å². The van der Waals surface area contributed by atoms with Gasteiger partial charge in [-0.1, -0.05) is 29.3 Å². The van der Waals surface area contributed by atoms with E-state index in [1.807, 2.05) is 0 Å². The highest BCUT2D eigenvalue weighted by atomic mass is 35.5. The predicted octanol–water partition coefficient (Wildman–Crippen LogP) is 3.65. The van der Waals surface area contributed by atoms with Crippen LogP contribution >= 0.6 is 23.2 Å². The van der Waals surface area contributed by atoms with Gasteiger partial charge in [-0.3, -0.25) is 4.79 Å². The lowest BCUT2D eigenvalue weighted by atomic mass is 10.2. The molecule has 0 bridgehead atoms. The second kappa shape index (κ2) is 5.91. The van der Waals surface area contributed by atoms with Crippen molar-refractivity contribution in [2.24, 2.45) is 0 Å². The first-order chi connectivity index (χ1) is 9.10. The summed E-state index contributed by atoms with van der Waals surface area (Å²) in [6.07, 6.45) is 0. The van der Waals surface area contributed by atoms with E-state index in [9.17, 15) is 4.79 Å². The maximum Gasteiger partial charge on any atom is 0.274 e. The second-order valence-corrected chi connectivity index (χ2v) is 4.47. The number of hydrogen-bond donors (Lipinski definition) is 1. The topological polar surface area (TPSA) is 51.2 Å². The molecule has 0 saturated carbocycles. The molecule has 0 aliphatic heterocycles. The van der Waals surface area contributed by atoms with Crippen LogP contribution in [-0.2, 0) is 0 Å². The van der Waals surface area contributed by atoms with Crippen LogP contribution in [0.25, 0.3) is 0 Å². The molecule has 0 aliphatic carbocycles. The molecule has 0 saturated heterocycles. The number of methoxy groups -OCH3 is 1. The van der Waals surface area contributed by atoms with E-state index in [1.54, 1.807) is 36.4 Å². The Bertz CT molecular complexity index is 617. The number of benzene rings is 1. The Balaban J connectivity index is 2.26. The molecule has 0 atom stereocenters. The van der Waals surface area contributed by atoms with Crippen molar-refractivity contribution in [1.29, 1.82) is 0 Å². The molecule has 0 radical (unpaired) electrons. The molecular weight excluding hydrogens is 287 g/mol. The Kier molecular flexibility index (Phi) is 4.24. The third kappa shape index (κ3) is 3.36. The number of pyridine rings is 1. The Morgan fingerprint density at radius 2 is 2.05 bits per heavy atom. The summed E-state index contributed by atoms with van der Waals surface area (Å²) in [5.74, 6) is 0.128. The zero-order valence-corrected chi connectivity index (χ0v) is 11.5. The normalized spacial score (nSPS) is 10.1. The molecule has 1 aromatic heterocycles. The molecule has 0 unspecified atom stereocenters. The van der Waals surface area contributed by atoms with Gasteiger partial charge in [0.05, 0.1) is 12.8 Å². The lowest BCUT2D eigenvalue weighted by Gasteiger charge is -2.10. The van der Waals surface area contributed by atoms with Gasteiger partial charge in [0.1, 0.15) is 16.6 Å². The average molecular weight is 297 g/mol. The van der Waals surface area contributed by atoms with Gasteiger partial charge in [-0.15, -0.1) is 0 Å². The standard InChI is InChI=1S/C13H10Cl2N2O2/c1-19-11-6-5-8(14)7-10(11)17-13(18)9-3-2-4-12(15)16-9/h2-7H,1H3,(H,17,18). The molecule has 6 heteroatoms. The van der Waals surface area contributed by atoms with E-state index in [-0.39, 0.29) is 16.8 Å². The van der Waals surface area contributed by atoms with Gasteiger partial charge >= 0.3 is 0 Å². The number of ether oxygens (including phenoxy) is 1. The largest absolute Gasteiger partial charge is 0.495 e. The molecule has 2 rings (SSSR count). The van der Waals surface area contributed by atoms with Gasteiger partial charge in [-0.05, 0) is 30.3 Å². The zero-order valence-electron chi connectivity index (χ0n) is 9.98. The molecule has 1 heterocycles. The third-order valence-corrected chi connectivity index (χ3v) is 2.80. The van der Waals surface area contributed by atoms with Crippen LogP contribution in [0.1, 0.15) is 10.5 Å². The van der Waals surface area contributed by atoms with E-state index in [0.717, 1.165) is 0 Å². The Hall–Kier alpha value is -1.78. The fourth-order valence-corrected chi connectivity index (χ4v) is 1.83. The van der Waals surface area contributed by atoms with Crippen LogP contribution in [0, 0.1) is 0 Å². The Labute approximate surface area is 120 Å². The van der Waals surface area contributed by atoms with E-state index in [4.69, 9.17) is 27.9 Å². The number of nitrogens with one attached hydrogen (secondary N) is 1. The Morgan fingerprint density at radius 1 is 1.26 bits per heavy atom. The van der Waals surface area contributed by atoms with Crippen molar-refractivity contribution < 1.29 is 9.53 Å². The highest BCUT2D eigenvalue weighted by Crippen LogP contribution is 2.28. The van der Waals surface area contributed by atoms with Gasteiger partial charge in [-0.25, -0.2) is 4.98 Å². The van der Waals surface area contributed by atoms with Gasteiger partial charge in [0, 0.05) is 5.02 Å². The number of nitrogens with zero attached hydrogens (tertiary/aromatic N) is 1. The molecule has 0 aliphatic rings. The summed E-state index contributed by atoms with van der Waals surface area (Å²) in [6.45, 7) is 0. The maximum atomic E-state index is 12.0. The number of carbonyl (C=O) groups is 1. The summed E-state index contributed by atoms with van der Waals surface area (Å²) in [6, 6.07) is 9.76. The lowest BCUT2D eigenvalue weighted by molar-refractivity contribution is 0.102. The van der Waals surface area contributed by atoms with Gasteiger partial charge in [-0.2, -0.15) is 0 Å². The van der Waals surface area contributed by atoms with E-state index in [0.29, 0.717) is 16.5 Å². The van der Waals surface area contributed by atoms with Crippen LogP contribution in [0.15, 0.2) is 36.4 Å². The van der Waals surface area contributed by atoms with Crippen molar-refractivity contribution in [2.45, 2.75) is 0 Å². The summed E-state index contributed by atoms with van der Waals surface area (Å²) in [5.41, 5.74) is 0.691. The van der Waals surface area contributed by atoms with Gasteiger partial charge in [0.15, 0.2) is 0 Å². The molecule has 2 aromatic rings. The maximum absolute atomic E-state index is 12.0. The van der Waals surface area contributed by atoms with Crippen molar-refractivity contribution in [3.63, 3.8) is 0 Å². The zero-order chi connectivity index (χ0) is 13.8. The summed E-state index contributed by atoms with van der Waals surface area (Å²) in [5, 5.41) is 3.43. The van der Waals surface area contributed by atoms with Crippen LogP contribution in [0.4, 0.5) is 5.69 Å². The highest BCUT2D eigenvalue weighted by molar-refractivity contribution is 6.31. The Morgan fingerprint density at radius 3 is 2.74 bits per heavy atom. The number of anilines is 1. The first kappa shape index (κ1) is 13.6. The predicted molar refractivity (Wildman–Crippen MR) is 75.2 cm³/mol. The third-order valence-electron chi connectivity index (χ3n) is 2.36. The molecular formula is C13H10Cl2N2O2. The van der Waals surface area contributed by atoms with Crippen molar-refractivity contribution in [2.75, 3.05) is 12.4 Å². The fourth-order valence-electron chi connectivity index (χ4n) is 1.50. The molecule has 4 nitrogen and oxygen atoms in total. The molecule has 0 fully saturated rings. The van der Waals surface area contributed by atoms with E-state index in [1.165, 1.54) is 7.11 Å². The van der Waals surface area contributed by atoms with Crippen LogP contribution in [0.5, 0.6) is 5.75 Å². The number of carbonyl (C=O) groups excluding carboxylic acids is 1. The van der Waals surface area contributed by atoms with Gasteiger partial charge in [0.25, 0.3) is 5.91 Å². The summed E-state index contributed by atoms with van der Waals surface area (Å²) in [4.78, 5) is 15.9. The lowest BCUT2D eigenvalue weighted by Crippen LogP contribution is -2.14. The van der Waals surface area contributed by atoms with E-state index < -0.39 is 0 Å². The molecule has 1 N–H and O–H groups in total. The van der Waals surface area contributed by atoms with E-state index >= 15 is 0 Å². The monoisotopic (exact) mass is 296 g/mol. The van der Waals surface area contributed by atoms with Gasteiger partial charge < -0.3 is 10.1 Å². The number of amides is 1. The SMILES string of the molecule is COc1ccc(Cl)cc1NC(=O)c1cccc(Cl)n1. The molecule has 1 amide bonds. The number of halogens is 2. The number of rotatable bonds is 3. The quantitative estimate of drug-likeness (QED) is 0.880. The second-order valence-electron chi connectivity index (χ2n) is 3.64. The molecule has 0 spiro atoms. The van der Waals surface area contributed by atoms with Crippen LogP contribution in [0.3, 0.4) is 0 Å². The van der Waals surface area contributed by atoms with Crippen molar-refractivity contribution in [3.8, 4) is 5.75 Å². The average Bonchev–Trinajstić information content (AvgIpc) is 2.39. The molecule has 98 valence electrons. The smallest absolute Gasteiger partial charge is 0.274 e. The van der Waals surface area contributed by atoms with E-state index in [2.05, 4.69) is 10.3 Å². The van der Waals surface area contributed by atoms with Crippen LogP contribution < -0.4 is 10.1 Å². The van der Waals surface area contributed by atoms with Crippen molar-refractivity contribution in [1.82, 2.24) is 4.98 Å². The van der Waals surface area contributed by atoms with Crippen LogP contribution in [-0.4, -0.2) is 18.0 Å². The minimum Gasteiger partial charge on any atom is -0.495 e. The number of hydrogen-bond acceptors (Lipinski definition) is 3. The minimum absolute atomic E-state index is 0.217. The fraction of sp³-hybridized carbons (Fsp3) is 0.0769. The van der Waals surface area contributed by atoms with Gasteiger partial charge in [0.2, 0.25) is 0 Å². The highest BCUT2D eigenvalue weighted by Gasteiger charge is 2.11. The number of aromatic nitrogens is 1. The minimum atomic E-state index is -0.386. The molecule has 19 heavy (non-hydrogen) atoms.